The second-order valence-electron chi connectivity index (χ2n) is 5.98. The van der Waals surface area contributed by atoms with Gasteiger partial charge >= 0.3 is 0 Å². The average molecular weight is 241 g/mol. The molecule has 0 aliphatic heterocycles. The van der Waals surface area contributed by atoms with Crippen LogP contribution in [-0.2, 0) is 6.42 Å². The predicted octanol–water partition coefficient (Wildman–Crippen LogP) is 3.48. The topological polar surface area (TPSA) is 25.2 Å². The average Bonchev–Trinajstić information content (AvgIpc) is 2.72. The highest BCUT2D eigenvalue weighted by Crippen LogP contribution is 2.41. The van der Waals surface area contributed by atoms with Crippen LogP contribution in [0.5, 0.6) is 0 Å². The van der Waals surface area contributed by atoms with Crippen molar-refractivity contribution in [3.63, 3.8) is 0 Å². The van der Waals surface area contributed by atoms with Gasteiger partial charge in [-0.05, 0) is 36.5 Å². The summed E-state index contributed by atoms with van der Waals surface area (Å²) in [6.45, 7) is 4.45. The molecule has 3 rings (SSSR count). The minimum Gasteiger partial charge on any atom is -0.388 e. The van der Waals surface area contributed by atoms with E-state index in [1.807, 2.05) is 18.2 Å². The van der Waals surface area contributed by atoms with Crippen LogP contribution in [-0.4, -0.2) is 9.67 Å². The van der Waals surface area contributed by atoms with Gasteiger partial charge in [-0.1, -0.05) is 32.0 Å². The molecule has 1 aromatic carbocycles. The van der Waals surface area contributed by atoms with E-state index in [0.29, 0.717) is 0 Å². The quantitative estimate of drug-likeness (QED) is 0.812. The third kappa shape index (κ3) is 1.87. The van der Waals surface area contributed by atoms with Gasteiger partial charge in [-0.25, -0.2) is 0 Å². The number of fused-ring (bicyclic) bond motifs is 1. The summed E-state index contributed by atoms with van der Waals surface area (Å²) in [6.07, 6.45) is 3.61. The summed E-state index contributed by atoms with van der Waals surface area (Å²) in [6, 6.07) is 12.4. The van der Waals surface area contributed by atoms with Crippen molar-refractivity contribution in [1.82, 2.24) is 4.57 Å². The van der Waals surface area contributed by atoms with E-state index in [1.165, 1.54) is 11.4 Å². The molecule has 0 spiro atoms. The molecule has 0 fully saturated rings. The first-order chi connectivity index (χ1) is 8.57. The Morgan fingerprint density at radius 1 is 1.17 bits per heavy atom. The Morgan fingerprint density at radius 2 is 1.89 bits per heavy atom. The van der Waals surface area contributed by atoms with Gasteiger partial charge in [0.25, 0.3) is 0 Å². The van der Waals surface area contributed by atoms with Crippen molar-refractivity contribution >= 4 is 0 Å². The van der Waals surface area contributed by atoms with Crippen LogP contribution in [0.4, 0.5) is 0 Å². The number of hydrogen-bond acceptors (Lipinski definition) is 1. The molecule has 18 heavy (non-hydrogen) atoms. The molecule has 0 saturated heterocycles. The third-order valence-electron chi connectivity index (χ3n) is 3.81. The summed E-state index contributed by atoms with van der Waals surface area (Å²) in [5, 5.41) is 10.2. The minimum atomic E-state index is -0.325. The van der Waals surface area contributed by atoms with Crippen LogP contribution in [0.1, 0.15) is 37.6 Å². The third-order valence-corrected chi connectivity index (χ3v) is 3.81. The molecule has 1 unspecified atom stereocenters. The number of para-hydroxylation sites is 1. The Morgan fingerprint density at radius 3 is 2.61 bits per heavy atom. The van der Waals surface area contributed by atoms with Gasteiger partial charge in [-0.3, -0.25) is 0 Å². The van der Waals surface area contributed by atoms with E-state index in [4.69, 9.17) is 0 Å². The van der Waals surface area contributed by atoms with Crippen LogP contribution in [0, 0.1) is 5.41 Å². The molecule has 0 saturated carbocycles. The van der Waals surface area contributed by atoms with E-state index in [1.54, 1.807) is 0 Å². The number of benzene rings is 1. The molecule has 1 aliphatic rings. The molecule has 0 radical (unpaired) electrons. The Kier molecular flexibility index (Phi) is 2.56. The summed E-state index contributed by atoms with van der Waals surface area (Å²) in [5.41, 5.74) is 3.68. The Bertz CT molecular complexity index is 554. The summed E-state index contributed by atoms with van der Waals surface area (Å²) in [4.78, 5) is 0. The van der Waals surface area contributed by atoms with Gasteiger partial charge in [0, 0.05) is 23.1 Å². The van der Waals surface area contributed by atoms with Crippen LogP contribution >= 0.6 is 0 Å². The first-order valence-electron chi connectivity index (χ1n) is 6.50. The van der Waals surface area contributed by atoms with Crippen molar-refractivity contribution < 1.29 is 5.11 Å². The van der Waals surface area contributed by atoms with Crippen LogP contribution in [0.25, 0.3) is 5.69 Å². The molecule has 2 heteroatoms. The maximum absolute atomic E-state index is 10.2. The molecular weight excluding hydrogens is 222 g/mol. The molecule has 2 nitrogen and oxygen atoms in total. The highest BCUT2D eigenvalue weighted by molar-refractivity contribution is 5.40. The fourth-order valence-corrected chi connectivity index (χ4v) is 2.96. The molecule has 2 aromatic rings. The van der Waals surface area contributed by atoms with Gasteiger partial charge in [0.1, 0.15) is 0 Å². The molecular formula is C16H19NO. The molecule has 94 valence electrons. The zero-order chi connectivity index (χ0) is 12.8. The number of rotatable bonds is 1. The summed E-state index contributed by atoms with van der Waals surface area (Å²) in [7, 11) is 0. The lowest BCUT2D eigenvalue weighted by Crippen LogP contribution is -2.26. The van der Waals surface area contributed by atoms with Crippen LogP contribution in [0.2, 0.25) is 0 Å². The lowest BCUT2D eigenvalue weighted by molar-refractivity contribution is 0.0987. The normalized spacial score (nSPS) is 21.6. The van der Waals surface area contributed by atoms with Gasteiger partial charge in [0.15, 0.2) is 0 Å². The lowest BCUT2D eigenvalue weighted by atomic mass is 9.75. The van der Waals surface area contributed by atoms with Gasteiger partial charge < -0.3 is 9.67 Å². The smallest absolute Gasteiger partial charge is 0.0812 e. The Balaban J connectivity index is 2.10. The van der Waals surface area contributed by atoms with E-state index in [0.717, 1.165) is 18.4 Å². The highest BCUT2D eigenvalue weighted by atomic mass is 16.3. The van der Waals surface area contributed by atoms with E-state index in [2.05, 4.69) is 42.8 Å². The van der Waals surface area contributed by atoms with Gasteiger partial charge in [0.05, 0.1) is 6.10 Å². The number of aromatic nitrogens is 1. The first-order valence-corrected chi connectivity index (χ1v) is 6.50. The van der Waals surface area contributed by atoms with Crippen molar-refractivity contribution in [3.05, 3.63) is 53.9 Å². The van der Waals surface area contributed by atoms with Crippen LogP contribution in [0.15, 0.2) is 42.6 Å². The Labute approximate surface area is 108 Å². The molecule has 0 amide bonds. The fourth-order valence-electron chi connectivity index (χ4n) is 2.96. The second kappa shape index (κ2) is 3.99. The lowest BCUT2D eigenvalue weighted by Gasteiger charge is -2.33. The minimum absolute atomic E-state index is 0.164. The van der Waals surface area contributed by atoms with E-state index >= 15 is 0 Å². The van der Waals surface area contributed by atoms with Crippen molar-refractivity contribution in [2.45, 2.75) is 32.8 Å². The van der Waals surface area contributed by atoms with Crippen molar-refractivity contribution in [3.8, 4) is 5.69 Å². The molecule has 0 bridgehead atoms. The van der Waals surface area contributed by atoms with E-state index < -0.39 is 0 Å². The van der Waals surface area contributed by atoms with Crippen molar-refractivity contribution in [2.24, 2.45) is 5.41 Å². The Hall–Kier alpha value is -1.54. The summed E-state index contributed by atoms with van der Waals surface area (Å²) >= 11 is 0. The number of aliphatic hydroxyl groups is 1. The predicted molar refractivity (Wildman–Crippen MR) is 72.8 cm³/mol. The number of hydrogen-bond donors (Lipinski definition) is 1. The molecule has 1 heterocycles. The molecule has 1 N–H and O–H groups in total. The van der Waals surface area contributed by atoms with Crippen LogP contribution < -0.4 is 0 Å². The van der Waals surface area contributed by atoms with Crippen molar-refractivity contribution in [1.29, 1.82) is 0 Å². The summed E-state index contributed by atoms with van der Waals surface area (Å²) in [5.74, 6) is 0. The number of aliphatic hydroxyl groups excluding tert-OH is 1. The van der Waals surface area contributed by atoms with E-state index in [9.17, 15) is 5.11 Å². The van der Waals surface area contributed by atoms with Crippen LogP contribution in [0.3, 0.4) is 0 Å². The standard InChI is InChI=1S/C16H19NO/c1-16(2)10-14-13(15(18)11-16)8-9-17(14)12-6-4-3-5-7-12/h3-9,15,18H,10-11H2,1-2H3. The zero-order valence-corrected chi connectivity index (χ0v) is 10.9. The zero-order valence-electron chi connectivity index (χ0n) is 10.9. The second-order valence-corrected chi connectivity index (χ2v) is 5.98. The maximum atomic E-state index is 10.2. The first kappa shape index (κ1) is 11.5. The fraction of sp³-hybridized carbons (Fsp3) is 0.375. The van der Waals surface area contributed by atoms with Gasteiger partial charge in [0.2, 0.25) is 0 Å². The summed E-state index contributed by atoms with van der Waals surface area (Å²) < 4.78 is 2.21. The van der Waals surface area contributed by atoms with Gasteiger partial charge in [-0.2, -0.15) is 0 Å². The molecule has 1 atom stereocenters. The largest absolute Gasteiger partial charge is 0.388 e. The molecule has 1 aromatic heterocycles. The highest BCUT2D eigenvalue weighted by Gasteiger charge is 2.33. The van der Waals surface area contributed by atoms with E-state index in [-0.39, 0.29) is 11.5 Å². The van der Waals surface area contributed by atoms with Gasteiger partial charge in [-0.15, -0.1) is 0 Å². The monoisotopic (exact) mass is 241 g/mol. The van der Waals surface area contributed by atoms with Crippen molar-refractivity contribution in [2.75, 3.05) is 0 Å². The number of nitrogens with zero attached hydrogens (tertiary/aromatic N) is 1. The maximum Gasteiger partial charge on any atom is 0.0812 e. The SMILES string of the molecule is CC1(C)Cc2c(ccn2-c2ccccc2)C(O)C1. The molecule has 1 aliphatic carbocycles.